The number of carbonyl (C=O) groups excluding carboxylic acids is 2. The third-order valence-electron chi connectivity index (χ3n) is 5.65. The standard InChI is InChI=1S/C29H26ClF2N5O3/c1-37(2)12-13-40-27-9-7-21(16-24(27)30)35-29-33-11-10-22(36-29)17-26(38)18-4-3-5-20(14-18)34-28(39)23-15-19(31)6-8-25(23)32/h3-11,14-16H,12-13,17H2,1-2H3,(H,34,39)(H,33,35,36). The van der Waals surface area contributed by atoms with Crippen molar-refractivity contribution >= 4 is 40.6 Å². The molecule has 0 aliphatic rings. The van der Waals surface area contributed by atoms with Crippen molar-refractivity contribution in [3.8, 4) is 5.75 Å². The zero-order valence-corrected chi connectivity index (χ0v) is 22.5. The van der Waals surface area contributed by atoms with Gasteiger partial charge in [0.15, 0.2) is 5.78 Å². The van der Waals surface area contributed by atoms with Crippen LogP contribution < -0.4 is 15.4 Å². The number of rotatable bonds is 11. The quantitative estimate of drug-likeness (QED) is 0.223. The van der Waals surface area contributed by atoms with Gasteiger partial charge in [0, 0.05) is 29.7 Å². The van der Waals surface area contributed by atoms with Gasteiger partial charge in [0.2, 0.25) is 5.95 Å². The fourth-order valence-electron chi connectivity index (χ4n) is 3.62. The summed E-state index contributed by atoms with van der Waals surface area (Å²) < 4.78 is 33.1. The first-order valence-electron chi connectivity index (χ1n) is 12.2. The van der Waals surface area contributed by atoms with Crippen LogP contribution in [-0.4, -0.2) is 53.8 Å². The largest absolute Gasteiger partial charge is 0.491 e. The Kier molecular flexibility index (Phi) is 9.36. The first-order valence-corrected chi connectivity index (χ1v) is 12.6. The summed E-state index contributed by atoms with van der Waals surface area (Å²) in [6.07, 6.45) is 1.50. The molecule has 0 saturated heterocycles. The molecule has 8 nitrogen and oxygen atoms in total. The monoisotopic (exact) mass is 565 g/mol. The van der Waals surface area contributed by atoms with Crippen LogP contribution in [0.3, 0.4) is 0 Å². The molecule has 11 heteroatoms. The highest BCUT2D eigenvalue weighted by molar-refractivity contribution is 6.32. The average Bonchev–Trinajstić information content (AvgIpc) is 2.91. The van der Waals surface area contributed by atoms with Crippen molar-refractivity contribution in [2.75, 3.05) is 37.9 Å². The van der Waals surface area contributed by atoms with Crippen LogP contribution in [0.1, 0.15) is 26.4 Å². The number of hydrogen-bond donors (Lipinski definition) is 2. The van der Waals surface area contributed by atoms with Crippen molar-refractivity contribution in [3.63, 3.8) is 0 Å². The maximum atomic E-state index is 13.9. The smallest absolute Gasteiger partial charge is 0.258 e. The van der Waals surface area contributed by atoms with E-state index >= 15 is 0 Å². The summed E-state index contributed by atoms with van der Waals surface area (Å²) in [5, 5.41) is 5.99. The Morgan fingerprint density at radius 3 is 2.60 bits per heavy atom. The minimum Gasteiger partial charge on any atom is -0.491 e. The molecule has 0 aliphatic heterocycles. The summed E-state index contributed by atoms with van der Waals surface area (Å²) in [7, 11) is 3.91. The molecule has 0 atom stereocenters. The highest BCUT2D eigenvalue weighted by Gasteiger charge is 2.15. The van der Waals surface area contributed by atoms with E-state index in [1.165, 1.54) is 12.3 Å². The summed E-state index contributed by atoms with van der Waals surface area (Å²) in [6, 6.07) is 15.6. The molecule has 40 heavy (non-hydrogen) atoms. The molecular weight excluding hydrogens is 540 g/mol. The van der Waals surface area contributed by atoms with Crippen LogP contribution in [0.4, 0.5) is 26.1 Å². The molecule has 1 heterocycles. The Hall–Kier alpha value is -4.41. The van der Waals surface area contributed by atoms with E-state index in [2.05, 4.69) is 20.6 Å². The van der Waals surface area contributed by atoms with Gasteiger partial charge in [-0.05, 0) is 68.7 Å². The van der Waals surface area contributed by atoms with E-state index < -0.39 is 23.1 Å². The van der Waals surface area contributed by atoms with Crippen molar-refractivity contribution < 1.29 is 23.1 Å². The van der Waals surface area contributed by atoms with E-state index in [0.29, 0.717) is 34.3 Å². The van der Waals surface area contributed by atoms with Gasteiger partial charge < -0.3 is 20.3 Å². The van der Waals surface area contributed by atoms with Crippen LogP contribution in [0, 0.1) is 11.6 Å². The molecule has 0 spiro atoms. The van der Waals surface area contributed by atoms with Crippen molar-refractivity contribution in [2.24, 2.45) is 0 Å². The Balaban J connectivity index is 1.39. The maximum Gasteiger partial charge on any atom is 0.258 e. The third kappa shape index (κ3) is 7.81. The number of likely N-dealkylation sites (N-methyl/N-ethyl adjacent to an activating group) is 1. The Morgan fingerprint density at radius 2 is 1.82 bits per heavy atom. The molecule has 2 N–H and O–H groups in total. The van der Waals surface area contributed by atoms with Crippen molar-refractivity contribution in [1.82, 2.24) is 14.9 Å². The number of ether oxygens (including phenoxy) is 1. The fraction of sp³-hybridized carbons (Fsp3) is 0.172. The van der Waals surface area contributed by atoms with Crippen LogP contribution in [0.5, 0.6) is 5.75 Å². The highest BCUT2D eigenvalue weighted by atomic mass is 35.5. The van der Waals surface area contributed by atoms with Crippen LogP contribution >= 0.6 is 11.6 Å². The molecule has 206 valence electrons. The minimum atomic E-state index is -0.856. The molecule has 4 aromatic rings. The number of aromatic nitrogens is 2. The highest BCUT2D eigenvalue weighted by Crippen LogP contribution is 2.28. The predicted octanol–water partition coefficient (Wildman–Crippen LogP) is 5.77. The van der Waals surface area contributed by atoms with E-state index in [0.717, 1.165) is 24.7 Å². The van der Waals surface area contributed by atoms with Gasteiger partial charge in [-0.25, -0.2) is 18.7 Å². The summed E-state index contributed by atoms with van der Waals surface area (Å²) in [4.78, 5) is 36.0. The molecule has 4 rings (SSSR count). The lowest BCUT2D eigenvalue weighted by molar-refractivity contribution is 0.0988. The maximum absolute atomic E-state index is 13.9. The summed E-state index contributed by atoms with van der Waals surface area (Å²) in [5.74, 6) is -1.85. The van der Waals surface area contributed by atoms with Crippen LogP contribution in [0.2, 0.25) is 5.02 Å². The lowest BCUT2D eigenvalue weighted by Crippen LogP contribution is -2.19. The summed E-state index contributed by atoms with van der Waals surface area (Å²) >= 11 is 6.35. The van der Waals surface area contributed by atoms with Crippen molar-refractivity contribution in [3.05, 3.63) is 106 Å². The first kappa shape index (κ1) is 28.6. The molecule has 0 unspecified atom stereocenters. The van der Waals surface area contributed by atoms with Gasteiger partial charge in [-0.3, -0.25) is 9.59 Å². The molecule has 0 bridgehead atoms. The van der Waals surface area contributed by atoms with Gasteiger partial charge in [0.05, 0.1) is 22.7 Å². The number of carbonyl (C=O) groups is 2. The number of hydrogen-bond acceptors (Lipinski definition) is 7. The van der Waals surface area contributed by atoms with Gasteiger partial charge in [-0.15, -0.1) is 0 Å². The van der Waals surface area contributed by atoms with Gasteiger partial charge >= 0.3 is 0 Å². The molecule has 1 amide bonds. The second kappa shape index (κ2) is 13.1. The number of benzene rings is 3. The third-order valence-corrected chi connectivity index (χ3v) is 5.95. The molecule has 0 saturated carbocycles. The van der Waals surface area contributed by atoms with Gasteiger partial charge in [0.1, 0.15) is 24.0 Å². The zero-order chi connectivity index (χ0) is 28.6. The SMILES string of the molecule is CN(C)CCOc1ccc(Nc2nccc(CC(=O)c3cccc(NC(=O)c4cc(F)ccc4F)c3)n2)cc1Cl. The van der Waals surface area contributed by atoms with E-state index in [4.69, 9.17) is 16.3 Å². The lowest BCUT2D eigenvalue weighted by Gasteiger charge is -2.13. The first-order chi connectivity index (χ1) is 19.2. The number of nitrogens with one attached hydrogen (secondary N) is 2. The molecule has 3 aromatic carbocycles. The van der Waals surface area contributed by atoms with Crippen molar-refractivity contribution in [1.29, 1.82) is 0 Å². The van der Waals surface area contributed by atoms with Gasteiger partial charge in [-0.1, -0.05) is 23.7 Å². The molecule has 0 aliphatic carbocycles. The van der Waals surface area contributed by atoms with Crippen molar-refractivity contribution in [2.45, 2.75) is 6.42 Å². The lowest BCUT2D eigenvalue weighted by atomic mass is 10.1. The Morgan fingerprint density at radius 1 is 1.00 bits per heavy atom. The molecule has 1 aromatic heterocycles. The number of ketones is 1. The van der Waals surface area contributed by atoms with Gasteiger partial charge in [-0.2, -0.15) is 0 Å². The van der Waals surface area contributed by atoms with Crippen LogP contribution in [0.25, 0.3) is 0 Å². The summed E-state index contributed by atoms with van der Waals surface area (Å²) in [5.41, 5.74) is 1.24. The summed E-state index contributed by atoms with van der Waals surface area (Å²) in [6.45, 7) is 1.25. The van der Waals surface area contributed by atoms with Crippen LogP contribution in [-0.2, 0) is 6.42 Å². The topological polar surface area (TPSA) is 96.5 Å². The zero-order valence-electron chi connectivity index (χ0n) is 21.7. The molecule has 0 radical (unpaired) electrons. The number of amides is 1. The van der Waals surface area contributed by atoms with E-state index in [1.54, 1.807) is 42.5 Å². The Labute approximate surface area is 235 Å². The normalized spacial score (nSPS) is 10.8. The predicted molar refractivity (Wildman–Crippen MR) is 150 cm³/mol. The van der Waals surface area contributed by atoms with E-state index in [-0.39, 0.29) is 23.8 Å². The Bertz CT molecular complexity index is 1530. The van der Waals surface area contributed by atoms with E-state index in [9.17, 15) is 18.4 Å². The average molecular weight is 566 g/mol. The van der Waals surface area contributed by atoms with Gasteiger partial charge in [0.25, 0.3) is 5.91 Å². The van der Waals surface area contributed by atoms with Crippen LogP contribution in [0.15, 0.2) is 72.9 Å². The number of Topliss-reactive ketones (excluding diaryl/α,β-unsaturated/α-hetero) is 1. The number of halogens is 3. The number of nitrogens with zero attached hydrogens (tertiary/aromatic N) is 3. The van der Waals surface area contributed by atoms with E-state index in [1.807, 2.05) is 19.0 Å². The molecular formula is C29H26ClF2N5O3. The second-order valence-corrected chi connectivity index (χ2v) is 9.46. The molecule has 0 fully saturated rings. The fourth-order valence-corrected chi connectivity index (χ4v) is 3.86. The minimum absolute atomic E-state index is 0.0352. The number of anilines is 3. The second-order valence-electron chi connectivity index (χ2n) is 9.05.